The number of ether oxygens (including phenoxy) is 1. The molecule has 0 aromatic heterocycles. The third-order valence-electron chi connectivity index (χ3n) is 4.23. The molecular weight excluding hydrogens is 296 g/mol. The van der Waals surface area contributed by atoms with Gasteiger partial charge in [-0.1, -0.05) is 76.5 Å². The van der Waals surface area contributed by atoms with Gasteiger partial charge in [-0.25, -0.2) is 0 Å². The standard InChI is InChI=1S/C22H40O2/c1-3-5-7-8-9-10-11-12-13-14-15-16-17-18-19-20-22(23)24-21-6-4-2/h4,12-13H,2-3,5-11,14-21H2,1H3/b13-12-. The normalized spacial score (nSPS) is 11.0. The molecule has 0 saturated carbocycles. The summed E-state index contributed by atoms with van der Waals surface area (Å²) in [6.45, 7) is 6.35. The number of allylic oxidation sites excluding steroid dienone is 2. The third kappa shape index (κ3) is 19.0. The third-order valence-corrected chi connectivity index (χ3v) is 4.23. The molecule has 140 valence electrons. The maximum Gasteiger partial charge on any atom is 0.305 e. The van der Waals surface area contributed by atoms with E-state index in [9.17, 15) is 4.79 Å². The number of carbonyl (C=O) groups excluding carboxylic acids is 1. The first-order valence-electron chi connectivity index (χ1n) is 10.2. The Kier molecular flexibility index (Phi) is 19.1. The van der Waals surface area contributed by atoms with Crippen molar-refractivity contribution in [3.05, 3.63) is 24.8 Å². The molecule has 0 heterocycles. The van der Waals surface area contributed by atoms with E-state index in [2.05, 4.69) is 25.7 Å². The molecule has 0 radical (unpaired) electrons. The number of rotatable bonds is 18. The summed E-state index contributed by atoms with van der Waals surface area (Å²) in [5, 5.41) is 0. The van der Waals surface area contributed by atoms with Gasteiger partial charge in [0, 0.05) is 6.42 Å². The van der Waals surface area contributed by atoms with E-state index in [1.54, 1.807) is 6.08 Å². The first kappa shape index (κ1) is 22.9. The number of carbonyl (C=O) groups is 1. The largest absolute Gasteiger partial charge is 0.465 e. The predicted molar refractivity (Wildman–Crippen MR) is 105 cm³/mol. The molecule has 24 heavy (non-hydrogen) atoms. The predicted octanol–water partition coefficient (Wildman–Crippen LogP) is 7.14. The molecule has 2 heteroatoms. The van der Waals surface area contributed by atoms with E-state index in [0.29, 0.717) is 13.0 Å². The Hall–Kier alpha value is -1.05. The van der Waals surface area contributed by atoms with E-state index in [0.717, 1.165) is 19.3 Å². The molecule has 0 aromatic carbocycles. The number of esters is 1. The molecule has 0 atom stereocenters. The van der Waals surface area contributed by atoms with Crippen molar-refractivity contribution in [2.45, 2.75) is 103 Å². The fourth-order valence-electron chi connectivity index (χ4n) is 2.67. The van der Waals surface area contributed by atoms with Gasteiger partial charge in [-0.2, -0.15) is 0 Å². The van der Waals surface area contributed by atoms with Crippen LogP contribution in [0.4, 0.5) is 0 Å². The second kappa shape index (κ2) is 20.0. The van der Waals surface area contributed by atoms with Gasteiger partial charge in [0.2, 0.25) is 0 Å². The maximum absolute atomic E-state index is 11.4. The minimum absolute atomic E-state index is 0.0607. The Balaban J connectivity index is 3.17. The lowest BCUT2D eigenvalue weighted by atomic mass is 10.1. The van der Waals surface area contributed by atoms with Gasteiger partial charge in [0.1, 0.15) is 0 Å². The Bertz CT molecular complexity index is 307. The molecule has 0 amide bonds. The van der Waals surface area contributed by atoms with E-state index >= 15 is 0 Å². The van der Waals surface area contributed by atoms with Gasteiger partial charge < -0.3 is 4.74 Å². The fourth-order valence-corrected chi connectivity index (χ4v) is 2.67. The van der Waals surface area contributed by atoms with E-state index in [1.165, 1.54) is 70.6 Å². The van der Waals surface area contributed by atoms with Gasteiger partial charge in [-0.3, -0.25) is 4.79 Å². The summed E-state index contributed by atoms with van der Waals surface area (Å²) in [7, 11) is 0. The highest BCUT2D eigenvalue weighted by Crippen LogP contribution is 2.10. The summed E-state index contributed by atoms with van der Waals surface area (Å²) in [5.74, 6) is -0.0607. The SMILES string of the molecule is C=CCCOC(=O)CCCCCCC/C=C\CCCCCCCC. The summed E-state index contributed by atoms with van der Waals surface area (Å²) in [6, 6.07) is 0. The molecule has 0 fully saturated rings. The van der Waals surface area contributed by atoms with E-state index in [1.807, 2.05) is 0 Å². The van der Waals surface area contributed by atoms with Crippen LogP contribution in [0.25, 0.3) is 0 Å². The van der Waals surface area contributed by atoms with Gasteiger partial charge in [-0.15, -0.1) is 6.58 Å². The van der Waals surface area contributed by atoms with Crippen molar-refractivity contribution in [3.8, 4) is 0 Å². The Morgan fingerprint density at radius 1 is 0.792 bits per heavy atom. The first-order chi connectivity index (χ1) is 11.8. The zero-order valence-electron chi connectivity index (χ0n) is 16.1. The van der Waals surface area contributed by atoms with Gasteiger partial charge in [0.25, 0.3) is 0 Å². The fraction of sp³-hybridized carbons (Fsp3) is 0.773. The average molecular weight is 337 g/mol. The van der Waals surface area contributed by atoms with Crippen molar-refractivity contribution in [1.29, 1.82) is 0 Å². The molecule has 0 aliphatic heterocycles. The van der Waals surface area contributed by atoms with Crippen LogP contribution >= 0.6 is 0 Å². The van der Waals surface area contributed by atoms with Gasteiger partial charge in [-0.05, 0) is 38.5 Å². The van der Waals surface area contributed by atoms with Crippen LogP contribution in [0.3, 0.4) is 0 Å². The number of hydrogen-bond acceptors (Lipinski definition) is 2. The molecule has 0 rings (SSSR count). The molecule has 2 nitrogen and oxygen atoms in total. The second-order valence-corrected chi connectivity index (χ2v) is 6.63. The highest BCUT2D eigenvalue weighted by molar-refractivity contribution is 5.69. The van der Waals surface area contributed by atoms with Crippen molar-refractivity contribution >= 4 is 5.97 Å². The van der Waals surface area contributed by atoms with Crippen LogP contribution in [-0.4, -0.2) is 12.6 Å². The Labute approximate surface area is 150 Å². The molecule has 0 aliphatic carbocycles. The lowest BCUT2D eigenvalue weighted by Crippen LogP contribution is -2.04. The van der Waals surface area contributed by atoms with Crippen molar-refractivity contribution in [2.75, 3.05) is 6.61 Å². The average Bonchev–Trinajstić information content (AvgIpc) is 2.58. The Morgan fingerprint density at radius 2 is 1.33 bits per heavy atom. The Morgan fingerprint density at radius 3 is 1.92 bits per heavy atom. The summed E-state index contributed by atoms with van der Waals surface area (Å²) in [4.78, 5) is 11.4. The topological polar surface area (TPSA) is 26.3 Å². The quantitative estimate of drug-likeness (QED) is 0.151. The van der Waals surface area contributed by atoms with Crippen LogP contribution in [-0.2, 0) is 9.53 Å². The van der Waals surface area contributed by atoms with Crippen LogP contribution in [0.2, 0.25) is 0 Å². The number of hydrogen-bond donors (Lipinski definition) is 0. The van der Waals surface area contributed by atoms with Crippen LogP contribution in [0.1, 0.15) is 103 Å². The minimum atomic E-state index is -0.0607. The van der Waals surface area contributed by atoms with E-state index < -0.39 is 0 Å². The lowest BCUT2D eigenvalue weighted by Gasteiger charge is -2.03. The molecule has 0 saturated heterocycles. The van der Waals surface area contributed by atoms with Gasteiger partial charge >= 0.3 is 5.97 Å². The highest BCUT2D eigenvalue weighted by Gasteiger charge is 2.01. The monoisotopic (exact) mass is 336 g/mol. The molecule has 0 aromatic rings. The zero-order chi connectivity index (χ0) is 17.7. The molecule has 0 aliphatic rings. The lowest BCUT2D eigenvalue weighted by molar-refractivity contribution is -0.143. The van der Waals surface area contributed by atoms with Crippen molar-refractivity contribution in [3.63, 3.8) is 0 Å². The maximum atomic E-state index is 11.4. The van der Waals surface area contributed by atoms with Crippen molar-refractivity contribution in [1.82, 2.24) is 0 Å². The van der Waals surface area contributed by atoms with Crippen molar-refractivity contribution < 1.29 is 9.53 Å². The summed E-state index contributed by atoms with van der Waals surface area (Å²) in [5.41, 5.74) is 0. The molecule has 0 bridgehead atoms. The van der Waals surface area contributed by atoms with Crippen LogP contribution in [0.15, 0.2) is 24.8 Å². The van der Waals surface area contributed by atoms with E-state index in [-0.39, 0.29) is 5.97 Å². The van der Waals surface area contributed by atoms with E-state index in [4.69, 9.17) is 4.74 Å². The zero-order valence-corrected chi connectivity index (χ0v) is 16.1. The summed E-state index contributed by atoms with van der Waals surface area (Å²) < 4.78 is 5.08. The number of unbranched alkanes of at least 4 members (excludes halogenated alkanes) is 11. The highest BCUT2D eigenvalue weighted by atomic mass is 16.5. The van der Waals surface area contributed by atoms with Gasteiger partial charge in [0.05, 0.1) is 6.61 Å². The van der Waals surface area contributed by atoms with Crippen LogP contribution in [0, 0.1) is 0 Å². The second-order valence-electron chi connectivity index (χ2n) is 6.63. The van der Waals surface area contributed by atoms with Crippen LogP contribution in [0.5, 0.6) is 0 Å². The molecule has 0 N–H and O–H groups in total. The molecule has 0 unspecified atom stereocenters. The van der Waals surface area contributed by atoms with Crippen LogP contribution < -0.4 is 0 Å². The van der Waals surface area contributed by atoms with Gasteiger partial charge in [0.15, 0.2) is 0 Å². The summed E-state index contributed by atoms with van der Waals surface area (Å²) in [6.07, 6.45) is 24.4. The molecular formula is C22H40O2. The first-order valence-corrected chi connectivity index (χ1v) is 10.2. The molecule has 0 spiro atoms. The smallest absolute Gasteiger partial charge is 0.305 e. The summed E-state index contributed by atoms with van der Waals surface area (Å²) >= 11 is 0. The minimum Gasteiger partial charge on any atom is -0.465 e. The van der Waals surface area contributed by atoms with Crippen molar-refractivity contribution in [2.24, 2.45) is 0 Å².